The number of alkyl halides is 1. The summed E-state index contributed by atoms with van der Waals surface area (Å²) in [5, 5.41) is 0. The van der Waals surface area contributed by atoms with E-state index in [0.29, 0.717) is 16.8 Å². The van der Waals surface area contributed by atoms with Crippen LogP contribution in [0, 0.1) is 0 Å². The second kappa shape index (κ2) is 8.19. The third-order valence-electron chi connectivity index (χ3n) is 4.50. The van der Waals surface area contributed by atoms with E-state index in [-0.39, 0.29) is 0 Å². The monoisotopic (exact) mass is 338 g/mol. The third kappa shape index (κ3) is 4.60. The minimum absolute atomic E-state index is 0.457. The van der Waals surface area contributed by atoms with Crippen LogP contribution in [0.4, 0.5) is 0 Å². The van der Waals surface area contributed by atoms with Crippen LogP contribution in [0.3, 0.4) is 0 Å². The average Bonchev–Trinajstić information content (AvgIpc) is 2.53. The average molecular weight is 339 g/mol. The summed E-state index contributed by atoms with van der Waals surface area (Å²) in [6, 6.07) is 9.13. The van der Waals surface area contributed by atoms with Crippen molar-refractivity contribution in [2.75, 3.05) is 6.61 Å². The molecule has 0 saturated carbocycles. The van der Waals surface area contributed by atoms with E-state index in [9.17, 15) is 0 Å². The molecule has 0 amide bonds. The molecule has 1 saturated heterocycles. The summed E-state index contributed by atoms with van der Waals surface area (Å²) in [5.41, 5.74) is 2.85. The number of ether oxygens (including phenoxy) is 1. The molecule has 0 aliphatic carbocycles. The predicted octanol–water partition coefficient (Wildman–Crippen LogP) is 5.99. The predicted molar refractivity (Wildman–Crippen MR) is 89.6 cm³/mol. The summed E-state index contributed by atoms with van der Waals surface area (Å²) in [4.78, 5) is 0.457. The fraction of sp³-hybridized carbons (Fsp3) is 0.667. The highest BCUT2D eigenvalue weighted by Crippen LogP contribution is 2.31. The summed E-state index contributed by atoms with van der Waals surface area (Å²) >= 11 is 3.84. The molecule has 0 bridgehead atoms. The maximum Gasteiger partial charge on any atom is 0.0575 e. The zero-order valence-corrected chi connectivity index (χ0v) is 14.4. The Hall–Kier alpha value is -0.340. The van der Waals surface area contributed by atoms with Gasteiger partial charge in [0.05, 0.1) is 6.10 Å². The van der Waals surface area contributed by atoms with Gasteiger partial charge in [-0.05, 0) is 55.6 Å². The molecule has 1 aromatic carbocycles. The van der Waals surface area contributed by atoms with Crippen molar-refractivity contribution in [2.45, 2.75) is 69.2 Å². The largest absolute Gasteiger partial charge is 0.378 e. The number of hydrogen-bond acceptors (Lipinski definition) is 1. The van der Waals surface area contributed by atoms with Crippen molar-refractivity contribution in [3.63, 3.8) is 0 Å². The van der Waals surface area contributed by atoms with Gasteiger partial charge in [0, 0.05) is 11.4 Å². The lowest BCUT2D eigenvalue weighted by molar-refractivity contribution is 0.0102. The minimum Gasteiger partial charge on any atom is -0.378 e. The maximum atomic E-state index is 5.81. The summed E-state index contributed by atoms with van der Waals surface area (Å²) < 4.78 is 5.81. The van der Waals surface area contributed by atoms with E-state index in [4.69, 9.17) is 4.74 Å². The lowest BCUT2D eigenvalue weighted by atomic mass is 9.96. The van der Waals surface area contributed by atoms with E-state index in [1.165, 1.54) is 43.2 Å². The second-order valence-electron chi connectivity index (χ2n) is 6.01. The van der Waals surface area contributed by atoms with Crippen molar-refractivity contribution in [3.05, 3.63) is 35.4 Å². The van der Waals surface area contributed by atoms with Gasteiger partial charge < -0.3 is 4.74 Å². The molecule has 0 N–H and O–H groups in total. The van der Waals surface area contributed by atoms with Crippen LogP contribution in [0.1, 0.15) is 74.2 Å². The Morgan fingerprint density at radius 1 is 1.20 bits per heavy atom. The number of hydrogen-bond donors (Lipinski definition) is 0. The Morgan fingerprint density at radius 3 is 2.50 bits per heavy atom. The maximum absolute atomic E-state index is 5.81. The molecule has 1 nitrogen and oxygen atoms in total. The van der Waals surface area contributed by atoms with E-state index in [1.54, 1.807) is 0 Å². The Morgan fingerprint density at radius 2 is 1.90 bits per heavy atom. The SMILES string of the molecule is CCC(C)c1ccc(C(Br)CCC2CCCCO2)cc1. The number of benzene rings is 1. The highest BCUT2D eigenvalue weighted by atomic mass is 79.9. The van der Waals surface area contributed by atoms with E-state index >= 15 is 0 Å². The molecule has 1 aliphatic heterocycles. The first kappa shape index (κ1) is 16.0. The van der Waals surface area contributed by atoms with Crippen molar-refractivity contribution >= 4 is 15.9 Å². The molecule has 1 fully saturated rings. The lowest BCUT2D eigenvalue weighted by Crippen LogP contribution is -2.19. The zero-order valence-electron chi connectivity index (χ0n) is 12.8. The molecule has 1 aromatic rings. The Labute approximate surface area is 132 Å². The van der Waals surface area contributed by atoms with Crippen LogP contribution in [-0.4, -0.2) is 12.7 Å². The van der Waals surface area contributed by atoms with Crippen LogP contribution in [0.25, 0.3) is 0 Å². The molecular formula is C18H27BrO. The molecule has 3 atom stereocenters. The first-order chi connectivity index (χ1) is 9.70. The molecule has 2 rings (SSSR count). The van der Waals surface area contributed by atoms with Crippen LogP contribution >= 0.6 is 15.9 Å². The van der Waals surface area contributed by atoms with Crippen molar-refractivity contribution < 1.29 is 4.74 Å². The van der Waals surface area contributed by atoms with Gasteiger partial charge >= 0.3 is 0 Å². The molecule has 1 aliphatic rings. The first-order valence-corrected chi connectivity index (χ1v) is 8.97. The summed E-state index contributed by atoms with van der Waals surface area (Å²) in [6.45, 7) is 5.50. The lowest BCUT2D eigenvalue weighted by Gasteiger charge is -2.23. The normalized spacial score (nSPS) is 22.4. The van der Waals surface area contributed by atoms with Crippen molar-refractivity contribution in [3.8, 4) is 0 Å². The highest BCUT2D eigenvalue weighted by molar-refractivity contribution is 9.09. The Kier molecular flexibility index (Phi) is 6.57. The summed E-state index contributed by atoms with van der Waals surface area (Å²) in [6.07, 6.45) is 7.84. The Bertz CT molecular complexity index is 381. The van der Waals surface area contributed by atoms with Crippen LogP contribution in [0.15, 0.2) is 24.3 Å². The van der Waals surface area contributed by atoms with Gasteiger partial charge in [-0.1, -0.05) is 54.0 Å². The van der Waals surface area contributed by atoms with Gasteiger partial charge in [-0.25, -0.2) is 0 Å². The zero-order chi connectivity index (χ0) is 14.4. The fourth-order valence-electron chi connectivity index (χ4n) is 2.80. The van der Waals surface area contributed by atoms with E-state index in [1.807, 2.05) is 0 Å². The van der Waals surface area contributed by atoms with Gasteiger partial charge in [-0.15, -0.1) is 0 Å². The van der Waals surface area contributed by atoms with Gasteiger partial charge in [0.1, 0.15) is 0 Å². The summed E-state index contributed by atoms with van der Waals surface area (Å²) in [5.74, 6) is 0.661. The first-order valence-electron chi connectivity index (χ1n) is 8.06. The quantitative estimate of drug-likeness (QED) is 0.579. The number of halogens is 1. The van der Waals surface area contributed by atoms with E-state index < -0.39 is 0 Å². The minimum atomic E-state index is 0.457. The van der Waals surface area contributed by atoms with Crippen LogP contribution in [0.2, 0.25) is 0 Å². The van der Waals surface area contributed by atoms with Crippen LogP contribution < -0.4 is 0 Å². The fourth-order valence-corrected chi connectivity index (χ4v) is 3.37. The summed E-state index contributed by atoms with van der Waals surface area (Å²) in [7, 11) is 0. The van der Waals surface area contributed by atoms with Gasteiger partial charge in [0.15, 0.2) is 0 Å². The molecule has 2 heteroatoms. The Balaban J connectivity index is 1.83. The van der Waals surface area contributed by atoms with Gasteiger partial charge in [-0.2, -0.15) is 0 Å². The second-order valence-corrected chi connectivity index (χ2v) is 7.11. The molecular weight excluding hydrogens is 312 g/mol. The highest BCUT2D eigenvalue weighted by Gasteiger charge is 2.16. The van der Waals surface area contributed by atoms with E-state index in [0.717, 1.165) is 13.0 Å². The van der Waals surface area contributed by atoms with Crippen molar-refractivity contribution in [2.24, 2.45) is 0 Å². The van der Waals surface area contributed by atoms with Crippen LogP contribution in [-0.2, 0) is 4.74 Å². The molecule has 20 heavy (non-hydrogen) atoms. The standard InChI is InChI=1S/C18H27BrO/c1-3-14(2)15-7-9-16(10-8-15)18(19)12-11-17-6-4-5-13-20-17/h7-10,14,17-18H,3-6,11-13H2,1-2H3. The van der Waals surface area contributed by atoms with Gasteiger partial charge in [0.2, 0.25) is 0 Å². The molecule has 112 valence electrons. The molecule has 0 aromatic heterocycles. The molecule has 0 radical (unpaired) electrons. The molecule has 0 spiro atoms. The number of rotatable bonds is 6. The van der Waals surface area contributed by atoms with Crippen molar-refractivity contribution in [1.29, 1.82) is 0 Å². The molecule has 1 heterocycles. The topological polar surface area (TPSA) is 9.23 Å². The van der Waals surface area contributed by atoms with Crippen LogP contribution in [0.5, 0.6) is 0 Å². The third-order valence-corrected chi connectivity index (χ3v) is 5.48. The van der Waals surface area contributed by atoms with E-state index in [2.05, 4.69) is 54.0 Å². The smallest absolute Gasteiger partial charge is 0.0575 e. The van der Waals surface area contributed by atoms with Gasteiger partial charge in [-0.3, -0.25) is 0 Å². The van der Waals surface area contributed by atoms with Crippen molar-refractivity contribution in [1.82, 2.24) is 0 Å². The van der Waals surface area contributed by atoms with Gasteiger partial charge in [0.25, 0.3) is 0 Å². The molecule has 3 unspecified atom stereocenters.